The van der Waals surface area contributed by atoms with Crippen molar-refractivity contribution in [2.75, 3.05) is 5.32 Å². The molecule has 2 heterocycles. The molecule has 0 saturated carbocycles. The topological polar surface area (TPSA) is 66.5 Å². The second-order valence-electron chi connectivity index (χ2n) is 5.11. The summed E-state index contributed by atoms with van der Waals surface area (Å²) in [4.78, 5) is 8.55. The standard InChI is InChI=1S/C17H11ClFN5/c18-12-6-2-1-5-10(12)15-11-9-20-17(22-16(11)24-23-15)21-14-8-4-3-7-13(14)19/h1-9H,(H2,20,21,22,23,24). The Morgan fingerprint density at radius 1 is 1.04 bits per heavy atom. The Hall–Kier alpha value is -2.99. The molecule has 2 N–H and O–H groups in total. The molecule has 7 heteroatoms. The normalized spacial score (nSPS) is 10.9. The predicted molar refractivity (Wildman–Crippen MR) is 91.8 cm³/mol. The smallest absolute Gasteiger partial charge is 0.229 e. The highest BCUT2D eigenvalue weighted by Gasteiger charge is 2.13. The second-order valence-corrected chi connectivity index (χ2v) is 5.52. The van der Waals surface area contributed by atoms with E-state index < -0.39 is 0 Å². The van der Waals surface area contributed by atoms with Crippen LogP contribution in [-0.2, 0) is 0 Å². The maximum Gasteiger partial charge on any atom is 0.229 e. The van der Waals surface area contributed by atoms with Gasteiger partial charge in [0, 0.05) is 16.8 Å². The third-order valence-corrected chi connectivity index (χ3v) is 3.90. The summed E-state index contributed by atoms with van der Waals surface area (Å²) in [5.41, 5.74) is 2.34. The number of halogens is 2. The lowest BCUT2D eigenvalue weighted by Crippen LogP contribution is -1.98. The Morgan fingerprint density at radius 2 is 1.83 bits per heavy atom. The average molecular weight is 340 g/mol. The highest BCUT2D eigenvalue weighted by atomic mass is 35.5. The number of rotatable bonds is 3. The number of hydrogen-bond donors (Lipinski definition) is 2. The Balaban J connectivity index is 1.73. The Bertz CT molecular complexity index is 1030. The van der Waals surface area contributed by atoms with Gasteiger partial charge in [0.1, 0.15) is 5.82 Å². The van der Waals surface area contributed by atoms with Crippen LogP contribution in [0.4, 0.5) is 16.0 Å². The van der Waals surface area contributed by atoms with Gasteiger partial charge >= 0.3 is 0 Å². The molecule has 4 rings (SSSR count). The van der Waals surface area contributed by atoms with Crippen LogP contribution in [0.1, 0.15) is 0 Å². The van der Waals surface area contributed by atoms with Crippen molar-refractivity contribution in [2.24, 2.45) is 0 Å². The summed E-state index contributed by atoms with van der Waals surface area (Å²) in [5.74, 6) is -0.107. The van der Waals surface area contributed by atoms with Crippen molar-refractivity contribution in [3.05, 3.63) is 65.6 Å². The first-order valence-electron chi connectivity index (χ1n) is 7.20. The van der Waals surface area contributed by atoms with Gasteiger partial charge in [-0.05, 0) is 18.2 Å². The van der Waals surface area contributed by atoms with Gasteiger partial charge in [0.2, 0.25) is 5.95 Å². The van der Waals surface area contributed by atoms with E-state index in [1.54, 1.807) is 30.5 Å². The van der Waals surface area contributed by atoms with Crippen LogP contribution in [0, 0.1) is 5.82 Å². The summed E-state index contributed by atoms with van der Waals surface area (Å²) in [7, 11) is 0. The quantitative estimate of drug-likeness (QED) is 0.574. The fourth-order valence-electron chi connectivity index (χ4n) is 2.42. The highest BCUT2D eigenvalue weighted by Crippen LogP contribution is 2.31. The number of nitrogens with one attached hydrogen (secondary N) is 2. The van der Waals surface area contributed by atoms with Gasteiger partial charge in [0.05, 0.1) is 16.8 Å². The predicted octanol–water partition coefficient (Wildman–Crippen LogP) is 4.56. The summed E-state index contributed by atoms with van der Waals surface area (Å²) in [5, 5.41) is 11.3. The molecule has 2 aromatic carbocycles. The first kappa shape index (κ1) is 14.6. The number of hydrogen-bond acceptors (Lipinski definition) is 4. The first-order valence-corrected chi connectivity index (χ1v) is 7.58. The molecular weight excluding hydrogens is 329 g/mol. The molecule has 0 radical (unpaired) electrons. The van der Waals surface area contributed by atoms with E-state index in [9.17, 15) is 4.39 Å². The number of aromatic nitrogens is 4. The molecule has 4 aromatic rings. The van der Waals surface area contributed by atoms with Gasteiger partial charge < -0.3 is 5.32 Å². The number of benzene rings is 2. The third-order valence-electron chi connectivity index (χ3n) is 3.58. The van der Waals surface area contributed by atoms with E-state index in [0.29, 0.717) is 16.4 Å². The lowest BCUT2D eigenvalue weighted by Gasteiger charge is -2.05. The maximum atomic E-state index is 13.7. The van der Waals surface area contributed by atoms with Crippen molar-refractivity contribution < 1.29 is 4.39 Å². The fraction of sp³-hybridized carbons (Fsp3) is 0. The fourth-order valence-corrected chi connectivity index (χ4v) is 2.65. The zero-order valence-electron chi connectivity index (χ0n) is 12.3. The van der Waals surface area contributed by atoms with Gasteiger partial charge in [-0.1, -0.05) is 41.9 Å². The molecule has 2 aromatic heterocycles. The average Bonchev–Trinajstić information content (AvgIpc) is 3.00. The van der Waals surface area contributed by atoms with Crippen LogP contribution >= 0.6 is 11.6 Å². The number of aromatic amines is 1. The van der Waals surface area contributed by atoms with E-state index in [1.165, 1.54) is 6.07 Å². The van der Waals surface area contributed by atoms with Crippen molar-refractivity contribution in [3.63, 3.8) is 0 Å². The first-order chi connectivity index (χ1) is 11.7. The zero-order chi connectivity index (χ0) is 16.5. The van der Waals surface area contributed by atoms with Gasteiger partial charge in [0.25, 0.3) is 0 Å². The molecule has 0 amide bonds. The maximum absolute atomic E-state index is 13.7. The summed E-state index contributed by atoms with van der Waals surface area (Å²) < 4.78 is 13.7. The number of anilines is 2. The Labute approximate surface area is 141 Å². The minimum Gasteiger partial charge on any atom is -0.322 e. The molecule has 0 bridgehead atoms. The molecule has 0 aliphatic carbocycles. The van der Waals surface area contributed by atoms with Gasteiger partial charge in [0.15, 0.2) is 5.65 Å². The van der Waals surface area contributed by atoms with E-state index in [2.05, 4.69) is 25.5 Å². The molecule has 0 aliphatic rings. The molecule has 0 atom stereocenters. The van der Waals surface area contributed by atoms with Gasteiger partial charge in [-0.25, -0.2) is 9.37 Å². The number of para-hydroxylation sites is 1. The molecule has 5 nitrogen and oxygen atoms in total. The van der Waals surface area contributed by atoms with Crippen molar-refractivity contribution in [3.8, 4) is 11.3 Å². The van der Waals surface area contributed by atoms with Crippen LogP contribution in [0.25, 0.3) is 22.3 Å². The van der Waals surface area contributed by atoms with Crippen LogP contribution in [-0.4, -0.2) is 20.2 Å². The lowest BCUT2D eigenvalue weighted by atomic mass is 10.1. The van der Waals surface area contributed by atoms with E-state index in [1.807, 2.05) is 18.2 Å². The lowest BCUT2D eigenvalue weighted by molar-refractivity contribution is 0.631. The van der Waals surface area contributed by atoms with Crippen molar-refractivity contribution in [2.45, 2.75) is 0 Å². The Kier molecular flexibility index (Phi) is 3.59. The minimum absolute atomic E-state index is 0.268. The monoisotopic (exact) mass is 339 g/mol. The van der Waals surface area contributed by atoms with Crippen LogP contribution in [0.3, 0.4) is 0 Å². The van der Waals surface area contributed by atoms with Crippen LogP contribution in [0.2, 0.25) is 5.02 Å². The summed E-state index contributed by atoms with van der Waals surface area (Å²) in [6, 6.07) is 13.8. The van der Waals surface area contributed by atoms with Crippen molar-refractivity contribution >= 4 is 34.3 Å². The van der Waals surface area contributed by atoms with Crippen LogP contribution < -0.4 is 5.32 Å². The van der Waals surface area contributed by atoms with Crippen LogP contribution in [0.15, 0.2) is 54.7 Å². The Morgan fingerprint density at radius 3 is 2.67 bits per heavy atom. The van der Waals surface area contributed by atoms with E-state index in [-0.39, 0.29) is 11.8 Å². The van der Waals surface area contributed by atoms with Gasteiger partial charge in [-0.15, -0.1) is 0 Å². The largest absolute Gasteiger partial charge is 0.322 e. The van der Waals surface area contributed by atoms with E-state index >= 15 is 0 Å². The highest BCUT2D eigenvalue weighted by molar-refractivity contribution is 6.33. The molecule has 0 spiro atoms. The molecule has 0 unspecified atom stereocenters. The SMILES string of the molecule is Fc1ccccc1Nc1ncc2c(-c3ccccc3Cl)[nH]nc2n1. The second kappa shape index (κ2) is 5.90. The van der Waals surface area contributed by atoms with Crippen molar-refractivity contribution in [1.82, 2.24) is 20.2 Å². The molecule has 0 fully saturated rings. The molecule has 24 heavy (non-hydrogen) atoms. The number of H-pyrrole nitrogens is 1. The zero-order valence-corrected chi connectivity index (χ0v) is 13.0. The molecule has 118 valence electrons. The number of nitrogens with zero attached hydrogens (tertiary/aromatic N) is 3. The van der Waals surface area contributed by atoms with Crippen molar-refractivity contribution in [1.29, 1.82) is 0 Å². The van der Waals surface area contributed by atoms with E-state index in [4.69, 9.17) is 11.6 Å². The van der Waals surface area contributed by atoms with Gasteiger partial charge in [-0.2, -0.15) is 10.1 Å². The van der Waals surface area contributed by atoms with Gasteiger partial charge in [-0.3, -0.25) is 5.10 Å². The summed E-state index contributed by atoms with van der Waals surface area (Å²) >= 11 is 6.23. The molecule has 0 saturated heterocycles. The number of fused-ring (bicyclic) bond motifs is 1. The summed E-state index contributed by atoms with van der Waals surface area (Å²) in [6.45, 7) is 0. The molecule has 0 aliphatic heterocycles. The summed E-state index contributed by atoms with van der Waals surface area (Å²) in [6.07, 6.45) is 1.63. The van der Waals surface area contributed by atoms with E-state index in [0.717, 1.165) is 16.6 Å². The third kappa shape index (κ3) is 2.57. The minimum atomic E-state index is -0.375. The molecular formula is C17H11ClFN5. The van der Waals surface area contributed by atoms with Crippen LogP contribution in [0.5, 0.6) is 0 Å².